The molecule has 1 aliphatic heterocycles. The summed E-state index contributed by atoms with van der Waals surface area (Å²) in [6, 6.07) is 4.28. The molecule has 0 saturated carbocycles. The molecule has 172 valence electrons. The van der Waals surface area contributed by atoms with E-state index in [-0.39, 0.29) is 16.7 Å². The van der Waals surface area contributed by atoms with Gasteiger partial charge in [0.05, 0.1) is 16.4 Å². The summed E-state index contributed by atoms with van der Waals surface area (Å²) >= 11 is 5.87. The van der Waals surface area contributed by atoms with Crippen LogP contribution in [0.5, 0.6) is 0 Å². The van der Waals surface area contributed by atoms with Gasteiger partial charge in [-0.15, -0.1) is 0 Å². The summed E-state index contributed by atoms with van der Waals surface area (Å²) in [5.74, 6) is -0.419. The van der Waals surface area contributed by atoms with Gasteiger partial charge in [0.25, 0.3) is 0 Å². The largest absolute Gasteiger partial charge is 0.506 e. The molecule has 1 aliphatic carbocycles. The Balaban J connectivity index is 1.45. The Bertz CT molecular complexity index is 1130. The van der Waals surface area contributed by atoms with Crippen molar-refractivity contribution in [1.82, 2.24) is 20.2 Å². The summed E-state index contributed by atoms with van der Waals surface area (Å²) < 4.78 is 13.5. The number of hydrogen-bond acceptors (Lipinski definition) is 6. The summed E-state index contributed by atoms with van der Waals surface area (Å²) in [6.45, 7) is 2.85. The molecule has 7 nitrogen and oxygen atoms in total. The van der Waals surface area contributed by atoms with E-state index in [2.05, 4.69) is 25.5 Å². The zero-order valence-electron chi connectivity index (χ0n) is 18.0. The average Bonchev–Trinajstić information content (AvgIpc) is 2.96. The molecule has 1 fully saturated rings. The lowest BCUT2D eigenvalue weighted by atomic mass is 10.1. The predicted octanol–water partition coefficient (Wildman–Crippen LogP) is 4.51. The van der Waals surface area contributed by atoms with Crippen molar-refractivity contribution < 1.29 is 14.3 Å². The molecule has 1 aromatic carbocycles. The number of aliphatic hydroxyl groups is 1. The van der Waals surface area contributed by atoms with Gasteiger partial charge in [-0.2, -0.15) is 0 Å². The Morgan fingerprint density at radius 2 is 2.06 bits per heavy atom. The van der Waals surface area contributed by atoms with Crippen LogP contribution in [0.4, 0.5) is 15.9 Å². The van der Waals surface area contributed by atoms with E-state index < -0.39 is 5.82 Å². The Hall–Kier alpha value is -3.23. The Morgan fingerprint density at radius 1 is 1.24 bits per heavy atom. The molecule has 0 atom stereocenters. The monoisotopic (exact) mass is 469 g/mol. The smallest absolute Gasteiger partial charge is 0.248 e. The first kappa shape index (κ1) is 22.9. The number of rotatable bonds is 6. The number of nitrogens with zero attached hydrogens (tertiary/aromatic N) is 3. The maximum atomic E-state index is 13.5. The van der Waals surface area contributed by atoms with Crippen molar-refractivity contribution in [2.75, 3.05) is 25.0 Å². The molecular weight excluding hydrogens is 445 g/mol. The number of allylic oxidation sites excluding steroid dienone is 1. The molecule has 1 amide bonds. The highest BCUT2D eigenvalue weighted by molar-refractivity contribution is 6.31. The lowest BCUT2D eigenvalue weighted by Gasteiger charge is -2.24. The first-order chi connectivity index (χ1) is 16.0. The summed E-state index contributed by atoms with van der Waals surface area (Å²) in [6.07, 6.45) is 11.9. The fourth-order valence-electron chi connectivity index (χ4n) is 3.83. The van der Waals surface area contributed by atoms with Gasteiger partial charge in [-0.1, -0.05) is 30.2 Å². The highest BCUT2D eigenvalue weighted by Gasteiger charge is 2.17. The van der Waals surface area contributed by atoms with Crippen molar-refractivity contribution in [3.8, 4) is 0 Å². The standard InChI is InChI=1S/C24H25ClFN5O2/c25-18-13-16(6-8-19(18)26)29-24-17-7-9-20(22(32)14-21(17)27-15-28-24)30-23(33)5-4-12-31-10-2-1-3-11-31/h4-6,8-9,13-15,32H,1-3,7,10-12H2,(H,30,33)(H,27,28,29)/b5-4+. The van der Waals surface area contributed by atoms with E-state index in [0.29, 0.717) is 29.3 Å². The van der Waals surface area contributed by atoms with Crippen LogP contribution in [0, 0.1) is 5.82 Å². The van der Waals surface area contributed by atoms with E-state index in [1.165, 1.54) is 49.9 Å². The lowest BCUT2D eigenvalue weighted by Crippen LogP contribution is -2.30. The van der Waals surface area contributed by atoms with E-state index in [4.69, 9.17) is 11.6 Å². The molecule has 1 saturated heterocycles. The molecule has 0 bridgehead atoms. The minimum absolute atomic E-state index is 0.00378. The minimum Gasteiger partial charge on any atom is -0.506 e. The Labute approximate surface area is 196 Å². The van der Waals surface area contributed by atoms with Crippen LogP contribution in [-0.4, -0.2) is 45.5 Å². The number of piperidine rings is 1. The van der Waals surface area contributed by atoms with Crippen LogP contribution in [0.25, 0.3) is 6.08 Å². The van der Waals surface area contributed by atoms with Gasteiger partial charge < -0.3 is 15.7 Å². The second kappa shape index (κ2) is 10.6. The van der Waals surface area contributed by atoms with Crippen molar-refractivity contribution in [3.05, 3.63) is 76.3 Å². The number of benzene rings is 1. The molecule has 9 heteroatoms. The van der Waals surface area contributed by atoms with Crippen molar-refractivity contribution in [2.24, 2.45) is 0 Å². The molecule has 4 rings (SSSR count). The Kier molecular flexibility index (Phi) is 7.36. The van der Waals surface area contributed by atoms with E-state index in [1.54, 1.807) is 12.1 Å². The van der Waals surface area contributed by atoms with E-state index in [1.807, 2.05) is 6.08 Å². The molecule has 2 heterocycles. The zero-order valence-corrected chi connectivity index (χ0v) is 18.8. The molecule has 0 radical (unpaired) electrons. The zero-order chi connectivity index (χ0) is 23.2. The van der Waals surface area contributed by atoms with Gasteiger partial charge in [0.1, 0.15) is 23.7 Å². The van der Waals surface area contributed by atoms with Gasteiger partial charge >= 0.3 is 0 Å². The second-order valence-corrected chi connectivity index (χ2v) is 8.35. The van der Waals surface area contributed by atoms with Crippen LogP contribution in [0.3, 0.4) is 0 Å². The quantitative estimate of drug-likeness (QED) is 0.539. The van der Waals surface area contributed by atoms with Crippen LogP contribution >= 0.6 is 11.6 Å². The van der Waals surface area contributed by atoms with Gasteiger partial charge in [-0.05, 0) is 50.6 Å². The number of fused-ring (bicyclic) bond motifs is 1. The maximum absolute atomic E-state index is 13.5. The number of nitrogens with one attached hydrogen (secondary N) is 2. The minimum atomic E-state index is -0.509. The third kappa shape index (κ3) is 5.97. The number of amides is 1. The number of aliphatic hydroxyl groups excluding tert-OH is 1. The summed E-state index contributed by atoms with van der Waals surface area (Å²) in [5, 5.41) is 16.4. The molecule has 0 spiro atoms. The molecule has 2 aromatic rings. The van der Waals surface area contributed by atoms with E-state index >= 15 is 0 Å². The summed E-state index contributed by atoms with van der Waals surface area (Å²) in [7, 11) is 0. The summed E-state index contributed by atoms with van der Waals surface area (Å²) in [4.78, 5) is 23.2. The number of hydrogen-bond donors (Lipinski definition) is 3. The average molecular weight is 470 g/mol. The van der Waals surface area contributed by atoms with Crippen molar-refractivity contribution >= 4 is 35.1 Å². The fourth-order valence-corrected chi connectivity index (χ4v) is 4.01. The van der Waals surface area contributed by atoms with Gasteiger partial charge in [-0.25, -0.2) is 14.4 Å². The molecule has 1 aromatic heterocycles. The van der Waals surface area contributed by atoms with Gasteiger partial charge in [0.15, 0.2) is 0 Å². The first-order valence-corrected chi connectivity index (χ1v) is 11.2. The normalized spacial score (nSPS) is 16.5. The number of carbonyl (C=O) groups excluding carboxylic acids is 1. The van der Waals surface area contributed by atoms with Crippen molar-refractivity contribution in [1.29, 1.82) is 0 Å². The molecule has 3 N–H and O–H groups in total. The van der Waals surface area contributed by atoms with Crippen LogP contribution in [0.15, 0.2) is 54.2 Å². The van der Waals surface area contributed by atoms with Crippen LogP contribution in [-0.2, 0) is 11.2 Å². The molecule has 33 heavy (non-hydrogen) atoms. The van der Waals surface area contributed by atoms with Crippen LogP contribution < -0.4 is 10.6 Å². The number of carbonyl (C=O) groups is 1. The van der Waals surface area contributed by atoms with Crippen LogP contribution in [0.1, 0.15) is 30.5 Å². The SMILES string of the molecule is O=C(/C=C/CN1CCCCC1)NC1=CCc2c(ncnc2Nc2ccc(F)c(Cl)c2)C=C1O. The Morgan fingerprint density at radius 3 is 2.85 bits per heavy atom. The summed E-state index contributed by atoms with van der Waals surface area (Å²) in [5.41, 5.74) is 2.10. The third-order valence-electron chi connectivity index (χ3n) is 5.56. The highest BCUT2D eigenvalue weighted by Crippen LogP contribution is 2.28. The van der Waals surface area contributed by atoms with Crippen molar-refractivity contribution in [3.63, 3.8) is 0 Å². The number of anilines is 2. The van der Waals surface area contributed by atoms with Gasteiger partial charge in [-0.3, -0.25) is 9.69 Å². The topological polar surface area (TPSA) is 90.4 Å². The molecule has 0 unspecified atom stereocenters. The number of halogens is 2. The van der Waals surface area contributed by atoms with E-state index in [0.717, 1.165) is 25.2 Å². The first-order valence-electron chi connectivity index (χ1n) is 10.9. The highest BCUT2D eigenvalue weighted by atomic mass is 35.5. The van der Waals surface area contributed by atoms with Gasteiger partial charge in [0, 0.05) is 29.9 Å². The number of likely N-dealkylation sites (tertiary alicyclic amines) is 1. The predicted molar refractivity (Wildman–Crippen MR) is 127 cm³/mol. The van der Waals surface area contributed by atoms with E-state index in [9.17, 15) is 14.3 Å². The third-order valence-corrected chi connectivity index (χ3v) is 5.85. The molecular formula is C24H25ClFN5O2. The fraction of sp³-hybridized carbons (Fsp3) is 0.292. The number of aromatic nitrogens is 2. The van der Waals surface area contributed by atoms with Gasteiger partial charge in [0.2, 0.25) is 5.91 Å². The lowest BCUT2D eigenvalue weighted by molar-refractivity contribution is -0.115. The van der Waals surface area contributed by atoms with Crippen LogP contribution in [0.2, 0.25) is 5.02 Å². The molecule has 2 aliphatic rings. The van der Waals surface area contributed by atoms with Crippen molar-refractivity contribution in [2.45, 2.75) is 25.7 Å². The second-order valence-electron chi connectivity index (χ2n) is 7.94. The maximum Gasteiger partial charge on any atom is 0.248 e.